The summed E-state index contributed by atoms with van der Waals surface area (Å²) < 4.78 is 0. The number of rotatable bonds is 3. The molecule has 1 aromatic carbocycles. The van der Waals surface area contributed by atoms with E-state index in [9.17, 15) is 4.79 Å². The molecule has 2 rings (SSSR count). The van der Waals surface area contributed by atoms with Crippen LogP contribution in [0.25, 0.3) is 0 Å². The first kappa shape index (κ1) is 17.3. The van der Waals surface area contributed by atoms with Gasteiger partial charge in [-0.15, -0.1) is 12.4 Å². The zero-order valence-electron chi connectivity index (χ0n) is 11.9. The van der Waals surface area contributed by atoms with Crippen LogP contribution in [0.5, 0.6) is 0 Å². The summed E-state index contributed by atoms with van der Waals surface area (Å²) in [5, 5.41) is 7.18. The van der Waals surface area contributed by atoms with Crippen molar-refractivity contribution in [3.05, 3.63) is 34.9 Å². The maximum Gasteiger partial charge on any atom is 0.223 e. The van der Waals surface area contributed by atoms with Gasteiger partial charge in [0.2, 0.25) is 5.91 Å². The SMILES string of the molecule is CC(NC(=O)[C@H]1CCN[C@@H](C)C1)c1ccc(Cl)cc1.Cl. The van der Waals surface area contributed by atoms with Gasteiger partial charge in [-0.3, -0.25) is 4.79 Å². The van der Waals surface area contributed by atoms with Crippen LogP contribution in [0.1, 0.15) is 38.3 Å². The smallest absolute Gasteiger partial charge is 0.223 e. The van der Waals surface area contributed by atoms with Gasteiger partial charge in [0.1, 0.15) is 0 Å². The fraction of sp³-hybridized carbons (Fsp3) is 0.533. The molecule has 112 valence electrons. The number of hydrogen-bond donors (Lipinski definition) is 2. The molecule has 0 radical (unpaired) electrons. The van der Waals surface area contributed by atoms with Crippen molar-refractivity contribution in [1.29, 1.82) is 0 Å². The molecule has 0 saturated carbocycles. The number of carbonyl (C=O) groups excluding carboxylic acids is 1. The van der Waals surface area contributed by atoms with Crippen molar-refractivity contribution in [3.8, 4) is 0 Å². The number of hydrogen-bond acceptors (Lipinski definition) is 2. The quantitative estimate of drug-likeness (QED) is 0.898. The Morgan fingerprint density at radius 2 is 2.05 bits per heavy atom. The summed E-state index contributed by atoms with van der Waals surface area (Å²) in [4.78, 5) is 12.2. The third-order valence-electron chi connectivity index (χ3n) is 3.72. The molecule has 2 N–H and O–H groups in total. The van der Waals surface area contributed by atoms with E-state index in [1.165, 1.54) is 0 Å². The topological polar surface area (TPSA) is 41.1 Å². The van der Waals surface area contributed by atoms with Gasteiger partial charge in [0, 0.05) is 17.0 Å². The van der Waals surface area contributed by atoms with Crippen molar-refractivity contribution in [1.82, 2.24) is 10.6 Å². The van der Waals surface area contributed by atoms with Gasteiger partial charge in [-0.25, -0.2) is 0 Å². The van der Waals surface area contributed by atoms with Gasteiger partial charge in [0.05, 0.1) is 6.04 Å². The van der Waals surface area contributed by atoms with Gasteiger partial charge >= 0.3 is 0 Å². The predicted octanol–water partition coefficient (Wildman–Crippen LogP) is 3.33. The van der Waals surface area contributed by atoms with Gasteiger partial charge in [0.15, 0.2) is 0 Å². The van der Waals surface area contributed by atoms with E-state index in [1.54, 1.807) is 0 Å². The van der Waals surface area contributed by atoms with E-state index in [1.807, 2.05) is 31.2 Å². The second-order valence-corrected chi connectivity index (χ2v) is 5.79. The van der Waals surface area contributed by atoms with Gasteiger partial charge < -0.3 is 10.6 Å². The van der Waals surface area contributed by atoms with E-state index in [-0.39, 0.29) is 30.3 Å². The minimum atomic E-state index is 0. The van der Waals surface area contributed by atoms with Crippen molar-refractivity contribution in [3.63, 3.8) is 0 Å². The molecule has 20 heavy (non-hydrogen) atoms. The molecule has 1 amide bonds. The standard InChI is InChI=1S/C15H21ClN2O.ClH/c1-10-9-13(7-8-17-10)15(19)18-11(2)12-3-5-14(16)6-4-12;/h3-6,10-11,13,17H,7-9H2,1-2H3,(H,18,19);1H/t10-,11?,13-;/m0./s1. The first-order chi connectivity index (χ1) is 9.06. The Morgan fingerprint density at radius 1 is 1.40 bits per heavy atom. The Kier molecular flexibility index (Phi) is 6.80. The fourth-order valence-corrected chi connectivity index (χ4v) is 2.66. The molecular weight excluding hydrogens is 295 g/mol. The highest BCUT2D eigenvalue weighted by Crippen LogP contribution is 2.20. The normalized spacial score (nSPS) is 23.6. The van der Waals surface area contributed by atoms with Gasteiger partial charge in [0.25, 0.3) is 0 Å². The van der Waals surface area contributed by atoms with E-state index in [0.717, 1.165) is 30.0 Å². The number of nitrogens with one attached hydrogen (secondary N) is 2. The van der Waals surface area contributed by atoms with Crippen LogP contribution >= 0.6 is 24.0 Å². The lowest BCUT2D eigenvalue weighted by atomic mass is 9.92. The molecule has 0 spiro atoms. The summed E-state index contributed by atoms with van der Waals surface area (Å²) in [5.74, 6) is 0.293. The number of amides is 1. The molecule has 3 nitrogen and oxygen atoms in total. The number of carbonyl (C=O) groups is 1. The third-order valence-corrected chi connectivity index (χ3v) is 3.98. The molecule has 1 saturated heterocycles. The summed E-state index contributed by atoms with van der Waals surface area (Å²) in [5.41, 5.74) is 1.08. The lowest BCUT2D eigenvalue weighted by Gasteiger charge is -2.28. The Labute approximate surface area is 131 Å². The van der Waals surface area contributed by atoms with Crippen LogP contribution in [0.4, 0.5) is 0 Å². The zero-order valence-corrected chi connectivity index (χ0v) is 13.4. The summed E-state index contributed by atoms with van der Waals surface area (Å²) in [7, 11) is 0. The van der Waals surface area contributed by atoms with Crippen molar-refractivity contribution < 1.29 is 4.79 Å². The van der Waals surface area contributed by atoms with Crippen LogP contribution in [-0.4, -0.2) is 18.5 Å². The molecule has 1 aromatic rings. The second-order valence-electron chi connectivity index (χ2n) is 5.36. The third kappa shape index (κ3) is 4.65. The van der Waals surface area contributed by atoms with Crippen LogP contribution in [0, 0.1) is 5.92 Å². The minimum Gasteiger partial charge on any atom is -0.349 e. The predicted molar refractivity (Wildman–Crippen MR) is 85.4 cm³/mol. The van der Waals surface area contributed by atoms with Gasteiger partial charge in [-0.1, -0.05) is 23.7 Å². The summed E-state index contributed by atoms with van der Waals surface area (Å²) in [6, 6.07) is 8.07. The van der Waals surface area contributed by atoms with Crippen molar-refractivity contribution >= 4 is 29.9 Å². The maximum absolute atomic E-state index is 12.2. The average molecular weight is 317 g/mol. The molecule has 3 atom stereocenters. The van der Waals surface area contributed by atoms with Crippen molar-refractivity contribution in [2.45, 2.75) is 38.8 Å². The molecule has 5 heteroatoms. The second kappa shape index (κ2) is 7.87. The maximum atomic E-state index is 12.2. The van der Waals surface area contributed by atoms with Crippen LogP contribution in [0.2, 0.25) is 5.02 Å². The average Bonchev–Trinajstić information content (AvgIpc) is 2.39. The lowest BCUT2D eigenvalue weighted by Crippen LogP contribution is -2.42. The first-order valence-corrected chi connectivity index (χ1v) is 7.23. The molecule has 0 aromatic heterocycles. The molecule has 0 bridgehead atoms. The number of halogens is 2. The van der Waals surface area contributed by atoms with E-state index in [0.29, 0.717) is 6.04 Å². The van der Waals surface area contributed by atoms with E-state index in [4.69, 9.17) is 11.6 Å². The molecular formula is C15H22Cl2N2O. The minimum absolute atomic E-state index is 0. The van der Waals surface area contributed by atoms with E-state index < -0.39 is 0 Å². The Hall–Kier alpha value is -0.770. The lowest BCUT2D eigenvalue weighted by molar-refractivity contribution is -0.126. The molecule has 1 aliphatic heterocycles. The van der Waals surface area contributed by atoms with Crippen LogP contribution in [0.3, 0.4) is 0 Å². The highest BCUT2D eigenvalue weighted by atomic mass is 35.5. The Morgan fingerprint density at radius 3 is 2.65 bits per heavy atom. The molecule has 1 unspecified atom stereocenters. The van der Waals surface area contributed by atoms with Crippen molar-refractivity contribution in [2.24, 2.45) is 5.92 Å². The molecule has 1 fully saturated rings. The first-order valence-electron chi connectivity index (χ1n) is 6.85. The van der Waals surface area contributed by atoms with E-state index >= 15 is 0 Å². The molecule has 1 aliphatic rings. The highest BCUT2D eigenvalue weighted by molar-refractivity contribution is 6.30. The fourth-order valence-electron chi connectivity index (χ4n) is 2.54. The summed E-state index contributed by atoms with van der Waals surface area (Å²) >= 11 is 5.87. The summed E-state index contributed by atoms with van der Waals surface area (Å²) in [6.07, 6.45) is 1.84. The monoisotopic (exact) mass is 316 g/mol. The summed E-state index contributed by atoms with van der Waals surface area (Å²) in [6.45, 7) is 5.06. The Bertz CT molecular complexity index is 436. The van der Waals surface area contributed by atoms with Crippen LogP contribution < -0.4 is 10.6 Å². The zero-order chi connectivity index (χ0) is 13.8. The van der Waals surface area contributed by atoms with Crippen LogP contribution in [-0.2, 0) is 4.79 Å². The Balaban J connectivity index is 0.00000200. The van der Waals surface area contributed by atoms with Gasteiger partial charge in [-0.05, 0) is 50.9 Å². The number of piperidine rings is 1. The number of benzene rings is 1. The van der Waals surface area contributed by atoms with Crippen molar-refractivity contribution in [2.75, 3.05) is 6.54 Å². The molecule has 0 aliphatic carbocycles. The molecule has 1 heterocycles. The van der Waals surface area contributed by atoms with E-state index in [2.05, 4.69) is 17.6 Å². The largest absolute Gasteiger partial charge is 0.349 e. The van der Waals surface area contributed by atoms with Gasteiger partial charge in [-0.2, -0.15) is 0 Å². The van der Waals surface area contributed by atoms with Crippen LogP contribution in [0.15, 0.2) is 24.3 Å². The highest BCUT2D eigenvalue weighted by Gasteiger charge is 2.25.